The summed E-state index contributed by atoms with van der Waals surface area (Å²) in [7, 11) is -3.64. The van der Waals surface area contributed by atoms with Crippen LogP contribution in [0.1, 0.15) is 18.7 Å². The van der Waals surface area contributed by atoms with E-state index in [0.717, 1.165) is 23.3 Å². The van der Waals surface area contributed by atoms with Crippen LogP contribution < -0.4 is 10.5 Å². The summed E-state index contributed by atoms with van der Waals surface area (Å²) in [6.07, 6.45) is 0. The summed E-state index contributed by atoms with van der Waals surface area (Å²) >= 11 is 1.55. The van der Waals surface area contributed by atoms with Crippen LogP contribution in [0.3, 0.4) is 0 Å². The van der Waals surface area contributed by atoms with Crippen molar-refractivity contribution >= 4 is 44.0 Å². The molecule has 0 saturated heterocycles. The number of H-pyrrole nitrogens is 1. The molecule has 2 aromatic rings. The molecule has 2 aromatic heterocycles. The number of rotatable bonds is 5. The minimum Gasteiger partial charge on any atom is -0.336 e. The Labute approximate surface area is 123 Å². The van der Waals surface area contributed by atoms with Crippen LogP contribution in [0.4, 0.5) is 0 Å². The lowest BCUT2D eigenvalue weighted by Gasteiger charge is -2.04. The van der Waals surface area contributed by atoms with Gasteiger partial charge in [-0.25, -0.2) is 13.6 Å². The molecule has 0 aromatic carbocycles. The van der Waals surface area contributed by atoms with Crippen LogP contribution in [0.15, 0.2) is 17.2 Å². The largest absolute Gasteiger partial charge is 0.336 e. The highest BCUT2D eigenvalue weighted by Crippen LogP contribution is 2.27. The number of thiophene rings is 1. The second-order valence-corrected chi connectivity index (χ2v) is 7.37. The molecule has 8 heteroatoms. The molecule has 5 nitrogen and oxygen atoms in total. The summed E-state index contributed by atoms with van der Waals surface area (Å²) in [6.45, 7) is 6.08. The number of hydrogen-bond acceptors (Lipinski definition) is 4. The molecule has 2 rings (SSSR count). The molecule has 4 N–H and O–H groups in total. The van der Waals surface area contributed by atoms with Gasteiger partial charge in [0.25, 0.3) is 10.0 Å². The van der Waals surface area contributed by atoms with Gasteiger partial charge in [-0.3, -0.25) is 0 Å². The first kappa shape index (κ1) is 16.5. The third kappa shape index (κ3) is 4.19. The van der Waals surface area contributed by atoms with E-state index < -0.39 is 10.0 Å². The van der Waals surface area contributed by atoms with Gasteiger partial charge in [-0.1, -0.05) is 13.8 Å². The summed E-state index contributed by atoms with van der Waals surface area (Å²) in [4.78, 5) is 4.86. The number of nitrogens with two attached hydrogens (primary N) is 1. The van der Waals surface area contributed by atoms with E-state index in [-0.39, 0.29) is 17.4 Å². The maximum atomic E-state index is 11.2. The summed E-state index contributed by atoms with van der Waals surface area (Å²) in [5.74, 6) is 0.615. The fourth-order valence-corrected chi connectivity index (χ4v) is 3.30. The van der Waals surface area contributed by atoms with E-state index in [4.69, 9.17) is 5.14 Å². The molecule has 2 heterocycles. The van der Waals surface area contributed by atoms with Crippen LogP contribution in [0, 0.1) is 5.92 Å². The minimum atomic E-state index is -3.64. The van der Waals surface area contributed by atoms with Crippen molar-refractivity contribution in [3.63, 3.8) is 0 Å². The van der Waals surface area contributed by atoms with E-state index in [9.17, 15) is 8.42 Å². The number of primary sulfonamides is 1. The summed E-state index contributed by atoms with van der Waals surface area (Å²) in [5, 5.41) is 9.38. The normalized spacial score (nSPS) is 12.0. The quantitative estimate of drug-likeness (QED) is 0.786. The highest BCUT2D eigenvalue weighted by Gasteiger charge is 2.13. The summed E-state index contributed by atoms with van der Waals surface area (Å²) in [5.41, 5.74) is 0. The van der Waals surface area contributed by atoms with Gasteiger partial charge in [-0.2, -0.15) is 0 Å². The molecule has 0 unspecified atom stereocenters. The van der Waals surface area contributed by atoms with Crippen molar-refractivity contribution in [2.75, 3.05) is 6.54 Å². The van der Waals surface area contributed by atoms with E-state index in [1.54, 1.807) is 17.4 Å². The topological polar surface area (TPSA) is 88.0 Å². The van der Waals surface area contributed by atoms with Crippen LogP contribution >= 0.6 is 23.7 Å². The predicted octanol–water partition coefficient (Wildman–Crippen LogP) is 2.04. The van der Waals surface area contributed by atoms with Crippen LogP contribution in [0.25, 0.3) is 10.2 Å². The van der Waals surface area contributed by atoms with Crippen molar-refractivity contribution < 1.29 is 8.42 Å². The molecular formula is C11H18ClN3O2S2. The third-order valence-electron chi connectivity index (χ3n) is 2.49. The van der Waals surface area contributed by atoms with E-state index in [1.807, 2.05) is 6.07 Å². The molecule has 108 valence electrons. The Kier molecular flexibility index (Phi) is 5.40. The van der Waals surface area contributed by atoms with Crippen LogP contribution in [-0.4, -0.2) is 19.9 Å². The molecular weight excluding hydrogens is 306 g/mol. The van der Waals surface area contributed by atoms with Gasteiger partial charge >= 0.3 is 0 Å². The van der Waals surface area contributed by atoms with Crippen molar-refractivity contribution in [3.8, 4) is 0 Å². The Hall–Kier alpha value is -0.600. The van der Waals surface area contributed by atoms with Gasteiger partial charge in [0, 0.05) is 16.8 Å². The number of sulfonamides is 1. The fraction of sp³-hybridized carbons (Fsp3) is 0.455. The van der Waals surface area contributed by atoms with Crippen molar-refractivity contribution in [2.24, 2.45) is 11.1 Å². The zero-order valence-corrected chi connectivity index (χ0v) is 13.2. The number of aromatic nitrogens is 1. The maximum Gasteiger partial charge on any atom is 0.253 e. The van der Waals surface area contributed by atoms with E-state index >= 15 is 0 Å². The molecule has 0 saturated carbocycles. The number of aromatic amines is 1. The minimum absolute atomic E-state index is 0. The number of halogens is 1. The molecule has 0 bridgehead atoms. The summed E-state index contributed by atoms with van der Waals surface area (Å²) in [6, 6.07) is 3.56. The molecule has 0 aliphatic heterocycles. The first-order valence-corrected chi connectivity index (χ1v) is 8.07. The van der Waals surface area contributed by atoms with Crippen molar-refractivity contribution in [1.29, 1.82) is 0 Å². The average Bonchev–Trinajstić information content (AvgIpc) is 2.72. The molecule has 0 aliphatic carbocycles. The van der Waals surface area contributed by atoms with Gasteiger partial charge in [0.05, 0.1) is 0 Å². The smallest absolute Gasteiger partial charge is 0.253 e. The highest BCUT2D eigenvalue weighted by molar-refractivity contribution is 7.89. The molecule has 0 fully saturated rings. The van der Waals surface area contributed by atoms with E-state index in [0.29, 0.717) is 5.92 Å². The van der Waals surface area contributed by atoms with Crippen molar-refractivity contribution in [2.45, 2.75) is 25.4 Å². The second kappa shape index (κ2) is 6.23. The van der Waals surface area contributed by atoms with Gasteiger partial charge < -0.3 is 10.3 Å². The lowest BCUT2D eigenvalue weighted by Crippen LogP contribution is -2.18. The average molecular weight is 324 g/mol. The highest BCUT2D eigenvalue weighted by atomic mass is 35.5. The van der Waals surface area contributed by atoms with Crippen LogP contribution in [-0.2, 0) is 16.6 Å². The number of hydrogen-bond donors (Lipinski definition) is 3. The van der Waals surface area contributed by atoms with E-state index in [2.05, 4.69) is 24.1 Å². The standard InChI is InChI=1S/C11H17N3O2S2.ClH/c1-7(2)5-13-6-9-3-8-4-10(18(12,15)16)14-11(8)17-9;/h3-4,7,13-14H,5-6H2,1-2H3,(H2,12,15,16);1H. The Morgan fingerprint density at radius 2 is 2.11 bits per heavy atom. The Balaban J connectivity index is 0.00000180. The number of fused-ring (bicyclic) bond motifs is 1. The summed E-state index contributed by atoms with van der Waals surface area (Å²) < 4.78 is 22.3. The first-order chi connectivity index (χ1) is 8.36. The SMILES string of the molecule is CC(C)CNCc1cc2cc(S(N)(=O)=O)[nH]c2s1.Cl. The van der Waals surface area contributed by atoms with Crippen LogP contribution in [0.2, 0.25) is 0 Å². The Morgan fingerprint density at radius 1 is 1.42 bits per heavy atom. The second-order valence-electron chi connectivity index (χ2n) is 4.70. The van der Waals surface area contributed by atoms with Gasteiger partial charge in [0.2, 0.25) is 0 Å². The molecule has 0 aliphatic rings. The van der Waals surface area contributed by atoms with Gasteiger partial charge in [0.15, 0.2) is 0 Å². The predicted molar refractivity (Wildman–Crippen MR) is 81.3 cm³/mol. The third-order valence-corrected chi connectivity index (χ3v) is 4.39. The van der Waals surface area contributed by atoms with E-state index in [1.165, 1.54) is 4.88 Å². The zero-order chi connectivity index (χ0) is 13.3. The van der Waals surface area contributed by atoms with Gasteiger partial charge in [-0.05, 0) is 24.6 Å². The van der Waals surface area contributed by atoms with Crippen LogP contribution in [0.5, 0.6) is 0 Å². The first-order valence-electron chi connectivity index (χ1n) is 5.71. The Morgan fingerprint density at radius 3 is 2.63 bits per heavy atom. The molecule has 0 radical (unpaired) electrons. The molecule has 0 amide bonds. The van der Waals surface area contributed by atoms with Crippen molar-refractivity contribution in [3.05, 3.63) is 17.0 Å². The molecule has 0 spiro atoms. The Bertz CT molecular complexity index is 614. The zero-order valence-electron chi connectivity index (χ0n) is 10.8. The fourth-order valence-electron chi connectivity index (χ4n) is 1.68. The van der Waals surface area contributed by atoms with Crippen molar-refractivity contribution in [1.82, 2.24) is 10.3 Å². The molecule has 19 heavy (non-hydrogen) atoms. The lowest BCUT2D eigenvalue weighted by atomic mass is 10.2. The van der Waals surface area contributed by atoms with Gasteiger partial charge in [-0.15, -0.1) is 23.7 Å². The number of nitrogens with one attached hydrogen (secondary N) is 2. The monoisotopic (exact) mass is 323 g/mol. The maximum absolute atomic E-state index is 11.2. The van der Waals surface area contributed by atoms with Gasteiger partial charge in [0.1, 0.15) is 9.86 Å². The molecule has 0 atom stereocenters. The lowest BCUT2D eigenvalue weighted by molar-refractivity contribution is 0.555.